The van der Waals surface area contributed by atoms with Crippen molar-refractivity contribution >= 4 is 40.8 Å². The van der Waals surface area contributed by atoms with Crippen LogP contribution in [0.2, 0.25) is 5.02 Å². The third-order valence-electron chi connectivity index (χ3n) is 6.97. The smallest absolute Gasteiger partial charge is 0.312 e. The number of pyridine rings is 1. The number of aliphatic carboxylic acids is 1. The first-order valence-corrected chi connectivity index (χ1v) is 13.2. The van der Waals surface area contributed by atoms with Gasteiger partial charge in [-0.3, -0.25) is 14.4 Å². The van der Waals surface area contributed by atoms with Gasteiger partial charge in [0.1, 0.15) is 6.61 Å². The number of carboxylic acid groups (broad SMARTS) is 1. The van der Waals surface area contributed by atoms with Crippen LogP contribution in [0.15, 0.2) is 66.9 Å². The fourth-order valence-corrected chi connectivity index (χ4v) is 4.80. The van der Waals surface area contributed by atoms with Crippen molar-refractivity contribution in [1.82, 2.24) is 4.98 Å². The van der Waals surface area contributed by atoms with Crippen molar-refractivity contribution in [2.45, 2.75) is 46.1 Å². The summed E-state index contributed by atoms with van der Waals surface area (Å²) in [5, 5.41) is 9.87. The highest BCUT2D eigenvalue weighted by atomic mass is 35.5. The van der Waals surface area contributed by atoms with Crippen LogP contribution in [0.5, 0.6) is 5.88 Å². The zero-order valence-electron chi connectivity index (χ0n) is 22.4. The van der Waals surface area contributed by atoms with Crippen LogP contribution in [-0.4, -0.2) is 47.1 Å². The lowest BCUT2D eigenvalue weighted by Gasteiger charge is -2.40. The number of halogens is 1. The van der Waals surface area contributed by atoms with Crippen LogP contribution >= 0.6 is 11.6 Å². The normalized spacial score (nSPS) is 16.8. The average Bonchev–Trinajstić information content (AvgIpc) is 2.92. The quantitative estimate of drug-likeness (QED) is 0.381. The number of carbonyl (C=O) groups excluding carboxylic acids is 2. The summed E-state index contributed by atoms with van der Waals surface area (Å²) in [4.78, 5) is 46.5. The molecule has 0 spiro atoms. The summed E-state index contributed by atoms with van der Waals surface area (Å²) in [5.74, 6) is -1.42. The first-order chi connectivity index (χ1) is 18.5. The zero-order chi connectivity index (χ0) is 28.3. The molecule has 0 unspecified atom stereocenters. The summed E-state index contributed by atoms with van der Waals surface area (Å²) in [6, 6.07) is 17.6. The zero-order valence-corrected chi connectivity index (χ0v) is 23.2. The fraction of sp³-hybridized carbons (Fsp3) is 0.333. The molecule has 39 heavy (non-hydrogen) atoms. The van der Waals surface area contributed by atoms with E-state index in [0.717, 1.165) is 11.3 Å². The summed E-state index contributed by atoms with van der Waals surface area (Å²) in [5.41, 5.74) is 1.55. The predicted octanol–water partition coefficient (Wildman–Crippen LogP) is 5.80. The molecule has 0 aliphatic carbocycles. The third-order valence-corrected chi connectivity index (χ3v) is 7.22. The molecule has 1 aliphatic heterocycles. The number of nitrogens with zero attached hydrogens (tertiary/aromatic N) is 3. The Morgan fingerprint density at radius 3 is 2.41 bits per heavy atom. The molecule has 0 saturated heterocycles. The number of carbonyl (C=O) groups is 3. The third kappa shape index (κ3) is 5.91. The molecule has 9 heteroatoms. The van der Waals surface area contributed by atoms with E-state index in [9.17, 15) is 19.5 Å². The number of carboxylic acids is 1. The number of amides is 2. The van der Waals surface area contributed by atoms with E-state index in [2.05, 4.69) is 4.98 Å². The fourth-order valence-electron chi connectivity index (χ4n) is 4.68. The summed E-state index contributed by atoms with van der Waals surface area (Å²) >= 11 is 6.05. The molecule has 204 valence electrons. The van der Waals surface area contributed by atoms with Crippen LogP contribution in [0, 0.1) is 5.41 Å². The highest BCUT2D eigenvalue weighted by molar-refractivity contribution is 6.30. The van der Waals surface area contributed by atoms with E-state index in [1.165, 1.54) is 6.20 Å². The molecular formula is C30H32ClN3O5. The van der Waals surface area contributed by atoms with Crippen LogP contribution in [0.25, 0.3) is 0 Å². The number of hydrogen-bond acceptors (Lipinski definition) is 5. The van der Waals surface area contributed by atoms with Crippen LogP contribution in [-0.2, 0) is 9.59 Å². The second-order valence-corrected chi connectivity index (χ2v) is 10.7. The van der Waals surface area contributed by atoms with Crippen molar-refractivity contribution in [3.63, 3.8) is 0 Å². The second kappa shape index (κ2) is 11.5. The van der Waals surface area contributed by atoms with Crippen LogP contribution in [0.1, 0.15) is 56.0 Å². The van der Waals surface area contributed by atoms with E-state index in [0.29, 0.717) is 29.2 Å². The highest BCUT2D eigenvalue weighted by Crippen LogP contribution is 2.41. The van der Waals surface area contributed by atoms with Crippen molar-refractivity contribution in [1.29, 1.82) is 0 Å². The molecule has 1 aromatic heterocycles. The van der Waals surface area contributed by atoms with Crippen molar-refractivity contribution < 1.29 is 24.2 Å². The molecule has 0 bridgehead atoms. The van der Waals surface area contributed by atoms with Crippen molar-refractivity contribution in [3.05, 3.63) is 83.0 Å². The van der Waals surface area contributed by atoms with Gasteiger partial charge < -0.3 is 19.6 Å². The van der Waals surface area contributed by atoms with Crippen molar-refractivity contribution in [2.75, 3.05) is 23.0 Å². The van der Waals surface area contributed by atoms with E-state index in [-0.39, 0.29) is 30.3 Å². The molecule has 1 N–H and O–H groups in total. The Kier molecular flexibility index (Phi) is 8.25. The van der Waals surface area contributed by atoms with Gasteiger partial charge in [0.25, 0.3) is 5.91 Å². The Hall–Kier alpha value is -3.91. The Morgan fingerprint density at radius 1 is 1.10 bits per heavy atom. The summed E-state index contributed by atoms with van der Waals surface area (Å²) < 4.78 is 5.54. The summed E-state index contributed by atoms with van der Waals surface area (Å²) in [6.45, 7) is 7.44. The van der Waals surface area contributed by atoms with E-state index < -0.39 is 17.3 Å². The molecule has 8 nitrogen and oxygen atoms in total. The van der Waals surface area contributed by atoms with Gasteiger partial charge in [0.05, 0.1) is 16.9 Å². The van der Waals surface area contributed by atoms with Gasteiger partial charge >= 0.3 is 5.97 Å². The number of benzene rings is 2. The van der Waals surface area contributed by atoms with Gasteiger partial charge in [-0.1, -0.05) is 29.8 Å². The maximum Gasteiger partial charge on any atom is 0.312 e. The van der Waals surface area contributed by atoms with Gasteiger partial charge in [-0.05, 0) is 76.1 Å². The lowest BCUT2D eigenvalue weighted by atomic mass is 9.84. The lowest BCUT2D eigenvalue weighted by molar-refractivity contribution is -0.148. The number of para-hydroxylation sites is 1. The molecule has 2 heterocycles. The number of anilines is 2. The average molecular weight is 550 g/mol. The first-order valence-electron chi connectivity index (χ1n) is 12.8. The monoisotopic (exact) mass is 549 g/mol. The first kappa shape index (κ1) is 28.1. The molecule has 2 aromatic carbocycles. The predicted molar refractivity (Wildman–Crippen MR) is 151 cm³/mol. The Morgan fingerprint density at radius 2 is 1.79 bits per heavy atom. The van der Waals surface area contributed by atoms with Crippen LogP contribution in [0.4, 0.5) is 11.4 Å². The molecular weight excluding hydrogens is 518 g/mol. The minimum absolute atomic E-state index is 0.0290. The second-order valence-electron chi connectivity index (χ2n) is 10.3. The SMILES string of the molecule is CCN(C(=O)[C@H]1C[C@H](C)N(C(=O)c2ccc(OCC(C)(C)C(=O)O)nc2)c2ccccc21)c1ccc(Cl)cc1. The molecule has 0 saturated carbocycles. The van der Waals surface area contributed by atoms with Crippen molar-refractivity contribution in [3.8, 4) is 5.88 Å². The van der Waals surface area contributed by atoms with Gasteiger partial charge in [0.2, 0.25) is 11.8 Å². The van der Waals surface area contributed by atoms with Gasteiger partial charge in [0.15, 0.2) is 0 Å². The minimum Gasteiger partial charge on any atom is -0.481 e. The van der Waals surface area contributed by atoms with Gasteiger partial charge in [-0.25, -0.2) is 4.98 Å². The van der Waals surface area contributed by atoms with Gasteiger partial charge in [0, 0.05) is 41.2 Å². The number of ether oxygens (including phenoxy) is 1. The molecule has 0 radical (unpaired) electrons. The van der Waals surface area contributed by atoms with Crippen molar-refractivity contribution in [2.24, 2.45) is 5.41 Å². The number of aromatic nitrogens is 1. The number of rotatable bonds is 8. The molecule has 1 aliphatic rings. The highest BCUT2D eigenvalue weighted by Gasteiger charge is 2.39. The van der Waals surface area contributed by atoms with Crippen LogP contribution < -0.4 is 14.5 Å². The maximum atomic E-state index is 13.8. The standard InChI is InChI=1S/C30H32ClN3O5/c1-5-33(22-13-11-21(31)12-14-22)28(36)24-16-19(2)34(25-9-7-6-8-23(24)25)27(35)20-10-15-26(32-17-20)39-18-30(3,4)29(37)38/h6-15,17,19,24H,5,16,18H2,1-4H3,(H,37,38)/t19-,24-/m0/s1. The molecule has 2 atom stereocenters. The van der Waals surface area contributed by atoms with Gasteiger partial charge in [-0.2, -0.15) is 0 Å². The Bertz CT molecular complexity index is 1360. The van der Waals surface area contributed by atoms with E-state index in [1.54, 1.807) is 47.9 Å². The largest absolute Gasteiger partial charge is 0.481 e. The summed E-state index contributed by atoms with van der Waals surface area (Å²) in [6.07, 6.45) is 1.89. The van der Waals surface area contributed by atoms with E-state index in [1.807, 2.05) is 50.2 Å². The van der Waals surface area contributed by atoms with E-state index >= 15 is 0 Å². The van der Waals surface area contributed by atoms with Crippen LogP contribution in [0.3, 0.4) is 0 Å². The molecule has 4 rings (SSSR count). The molecule has 3 aromatic rings. The topological polar surface area (TPSA) is 100 Å². The Labute approximate surface area is 233 Å². The van der Waals surface area contributed by atoms with Gasteiger partial charge in [-0.15, -0.1) is 0 Å². The molecule has 0 fully saturated rings. The molecule has 2 amide bonds. The number of fused-ring (bicyclic) bond motifs is 1. The Balaban J connectivity index is 1.57. The summed E-state index contributed by atoms with van der Waals surface area (Å²) in [7, 11) is 0. The number of likely N-dealkylation sites (N-methyl/N-ethyl adjacent to an activating group) is 1. The number of hydrogen-bond donors (Lipinski definition) is 1. The lowest BCUT2D eigenvalue weighted by Crippen LogP contribution is -2.46. The minimum atomic E-state index is -1.07. The maximum absolute atomic E-state index is 13.8. The van der Waals surface area contributed by atoms with E-state index in [4.69, 9.17) is 16.3 Å².